The number of hydrogen-bond acceptors (Lipinski definition) is 2. The van der Waals surface area contributed by atoms with Crippen LogP contribution in [0.25, 0.3) is 0 Å². The third-order valence-corrected chi connectivity index (χ3v) is 1.62. The van der Waals surface area contributed by atoms with Crippen molar-refractivity contribution in [1.29, 1.82) is 0 Å². The number of benzene rings is 1. The normalized spacial score (nSPS) is 8.92. The van der Waals surface area contributed by atoms with Crippen LogP contribution in [-0.4, -0.2) is 10.9 Å². The highest BCUT2D eigenvalue weighted by atomic mass is 16.3. The quantitative estimate of drug-likeness (QED) is 0.560. The molecule has 13 heavy (non-hydrogen) atoms. The van der Waals surface area contributed by atoms with E-state index >= 15 is 0 Å². The first-order chi connectivity index (χ1) is 6.24. The number of rotatable bonds is 3. The maximum atomic E-state index is 11.1. The van der Waals surface area contributed by atoms with E-state index < -0.39 is 0 Å². The summed E-state index contributed by atoms with van der Waals surface area (Å²) in [6, 6.07) is 6.76. The third-order valence-electron chi connectivity index (χ3n) is 1.62. The second kappa shape index (κ2) is 4.29. The summed E-state index contributed by atoms with van der Waals surface area (Å²) in [5, 5.41) is 9.33. The van der Waals surface area contributed by atoms with Gasteiger partial charge in [-0.25, -0.2) is 0 Å². The van der Waals surface area contributed by atoms with Crippen molar-refractivity contribution >= 4 is 5.78 Å². The summed E-state index contributed by atoms with van der Waals surface area (Å²) in [6.07, 6.45) is 1.46. The molecule has 0 amide bonds. The van der Waals surface area contributed by atoms with Crippen LogP contribution < -0.4 is 0 Å². The van der Waals surface area contributed by atoms with Gasteiger partial charge in [0.2, 0.25) is 0 Å². The molecule has 0 saturated heterocycles. The van der Waals surface area contributed by atoms with Crippen LogP contribution >= 0.6 is 0 Å². The standard InChI is InChI=1S/C11H10O2/c1-2-5-10(12)8-9-6-3-4-7-11(9)13/h3-7,13H,1,8H2. The number of hydrogen-bond donors (Lipinski definition) is 1. The molecule has 0 aliphatic carbocycles. The fourth-order valence-corrected chi connectivity index (χ4v) is 1.01. The molecule has 0 atom stereocenters. The molecular weight excluding hydrogens is 164 g/mol. The topological polar surface area (TPSA) is 37.3 Å². The van der Waals surface area contributed by atoms with E-state index in [4.69, 9.17) is 0 Å². The molecule has 0 aliphatic rings. The molecule has 1 rings (SSSR count). The van der Waals surface area contributed by atoms with Gasteiger partial charge in [-0.15, -0.1) is 5.73 Å². The van der Waals surface area contributed by atoms with Crippen LogP contribution in [0.2, 0.25) is 0 Å². The number of allylic oxidation sites excluding steroid dienone is 1. The van der Waals surface area contributed by atoms with E-state index in [1.54, 1.807) is 24.3 Å². The zero-order valence-electron chi connectivity index (χ0n) is 7.16. The molecule has 0 aromatic heterocycles. The first-order valence-corrected chi connectivity index (χ1v) is 3.89. The predicted molar refractivity (Wildman–Crippen MR) is 50.5 cm³/mol. The monoisotopic (exact) mass is 174 g/mol. The molecule has 0 aliphatic heterocycles. The van der Waals surface area contributed by atoms with Crippen LogP contribution in [0.5, 0.6) is 5.75 Å². The number of carbonyl (C=O) groups excluding carboxylic acids is 1. The van der Waals surface area contributed by atoms with Crippen LogP contribution in [-0.2, 0) is 11.2 Å². The lowest BCUT2D eigenvalue weighted by molar-refractivity contribution is -0.114. The van der Waals surface area contributed by atoms with E-state index in [0.29, 0.717) is 5.56 Å². The molecule has 2 nitrogen and oxygen atoms in total. The number of aromatic hydroxyl groups is 1. The van der Waals surface area contributed by atoms with Crippen molar-refractivity contribution in [2.24, 2.45) is 0 Å². The Bertz CT molecular complexity index is 360. The van der Waals surface area contributed by atoms with Gasteiger partial charge in [-0.1, -0.05) is 24.8 Å². The lowest BCUT2D eigenvalue weighted by atomic mass is 10.1. The van der Waals surface area contributed by atoms with Gasteiger partial charge in [-0.3, -0.25) is 4.79 Å². The lowest BCUT2D eigenvalue weighted by Crippen LogP contribution is -1.97. The molecule has 2 heteroatoms. The Morgan fingerprint density at radius 3 is 2.85 bits per heavy atom. The van der Waals surface area contributed by atoms with E-state index in [1.807, 2.05) is 0 Å². The maximum Gasteiger partial charge on any atom is 0.167 e. The Labute approximate surface area is 76.8 Å². The molecule has 0 heterocycles. The second-order valence-electron chi connectivity index (χ2n) is 2.62. The predicted octanol–water partition coefficient (Wildman–Crippen LogP) is 1.84. The Balaban J connectivity index is 2.80. The SMILES string of the molecule is C=C=CC(=O)Cc1ccccc1O. The smallest absolute Gasteiger partial charge is 0.167 e. The van der Waals surface area contributed by atoms with Crippen LogP contribution in [0.4, 0.5) is 0 Å². The molecule has 0 fully saturated rings. The molecule has 1 N–H and O–H groups in total. The molecular formula is C11H10O2. The largest absolute Gasteiger partial charge is 0.508 e. The fraction of sp³-hybridized carbons (Fsp3) is 0.0909. The van der Waals surface area contributed by atoms with Gasteiger partial charge in [-0.05, 0) is 6.07 Å². The number of ketones is 1. The summed E-state index contributed by atoms with van der Waals surface area (Å²) in [6.45, 7) is 3.30. The molecule has 1 aromatic rings. The fourth-order valence-electron chi connectivity index (χ4n) is 1.01. The van der Waals surface area contributed by atoms with E-state index in [-0.39, 0.29) is 18.0 Å². The van der Waals surface area contributed by atoms with Crippen LogP contribution in [0.1, 0.15) is 5.56 Å². The van der Waals surface area contributed by atoms with Crippen molar-refractivity contribution in [1.82, 2.24) is 0 Å². The summed E-state index contributed by atoms with van der Waals surface area (Å²) in [4.78, 5) is 11.1. The molecule has 66 valence electrons. The molecule has 1 aromatic carbocycles. The van der Waals surface area contributed by atoms with Crippen molar-refractivity contribution < 1.29 is 9.90 Å². The van der Waals surface area contributed by atoms with Crippen LogP contribution in [0.15, 0.2) is 42.7 Å². The Morgan fingerprint density at radius 1 is 1.54 bits per heavy atom. The van der Waals surface area contributed by atoms with Gasteiger partial charge in [0.05, 0.1) is 0 Å². The minimum atomic E-state index is -0.114. The maximum absolute atomic E-state index is 11.1. The average molecular weight is 174 g/mol. The van der Waals surface area contributed by atoms with E-state index in [0.717, 1.165) is 0 Å². The van der Waals surface area contributed by atoms with Gasteiger partial charge in [-0.2, -0.15) is 0 Å². The van der Waals surface area contributed by atoms with Crippen molar-refractivity contribution in [2.45, 2.75) is 6.42 Å². The summed E-state index contributed by atoms with van der Waals surface area (Å²) in [5.74, 6) is 0.0322. The van der Waals surface area contributed by atoms with E-state index in [9.17, 15) is 9.90 Å². The van der Waals surface area contributed by atoms with Crippen molar-refractivity contribution in [3.05, 3.63) is 48.2 Å². The van der Waals surface area contributed by atoms with Crippen LogP contribution in [0.3, 0.4) is 0 Å². The van der Waals surface area contributed by atoms with Gasteiger partial charge < -0.3 is 5.11 Å². The van der Waals surface area contributed by atoms with Gasteiger partial charge in [0.15, 0.2) is 5.78 Å². The van der Waals surface area contributed by atoms with E-state index in [1.165, 1.54) is 6.08 Å². The minimum Gasteiger partial charge on any atom is -0.508 e. The van der Waals surface area contributed by atoms with Gasteiger partial charge in [0, 0.05) is 18.1 Å². The van der Waals surface area contributed by atoms with Crippen molar-refractivity contribution in [3.8, 4) is 5.75 Å². The van der Waals surface area contributed by atoms with Gasteiger partial charge in [0.1, 0.15) is 5.75 Å². The second-order valence-corrected chi connectivity index (χ2v) is 2.62. The molecule has 0 radical (unpaired) electrons. The first-order valence-electron chi connectivity index (χ1n) is 3.89. The number of phenolic OH excluding ortho intramolecular Hbond substituents is 1. The zero-order chi connectivity index (χ0) is 9.68. The molecule has 0 spiro atoms. The summed E-state index contributed by atoms with van der Waals surface area (Å²) in [7, 11) is 0. The summed E-state index contributed by atoms with van der Waals surface area (Å²) >= 11 is 0. The summed E-state index contributed by atoms with van der Waals surface area (Å²) < 4.78 is 0. The Kier molecular flexibility index (Phi) is 3.07. The highest BCUT2D eigenvalue weighted by Gasteiger charge is 2.03. The highest BCUT2D eigenvalue weighted by molar-refractivity contribution is 5.91. The van der Waals surface area contributed by atoms with Crippen LogP contribution in [0, 0.1) is 0 Å². The zero-order valence-corrected chi connectivity index (χ0v) is 7.16. The number of carbonyl (C=O) groups is 1. The minimum absolute atomic E-state index is 0.114. The van der Waals surface area contributed by atoms with Gasteiger partial charge >= 0.3 is 0 Å². The average Bonchev–Trinajstić information content (AvgIpc) is 2.09. The molecule has 0 unspecified atom stereocenters. The van der Waals surface area contributed by atoms with Gasteiger partial charge in [0.25, 0.3) is 0 Å². The molecule has 0 bridgehead atoms. The number of phenols is 1. The highest BCUT2D eigenvalue weighted by Crippen LogP contribution is 2.16. The summed E-state index contributed by atoms with van der Waals surface area (Å²) in [5.41, 5.74) is 3.03. The van der Waals surface area contributed by atoms with Crippen molar-refractivity contribution in [2.75, 3.05) is 0 Å². The van der Waals surface area contributed by atoms with Crippen molar-refractivity contribution in [3.63, 3.8) is 0 Å². The third kappa shape index (κ3) is 2.62. The molecule has 0 saturated carbocycles. The first kappa shape index (κ1) is 9.30. The Hall–Kier alpha value is -1.79. The Morgan fingerprint density at radius 2 is 2.23 bits per heavy atom. The number of para-hydroxylation sites is 1. The van der Waals surface area contributed by atoms with E-state index in [2.05, 4.69) is 12.3 Å². The lowest BCUT2D eigenvalue weighted by Gasteiger charge is -1.99.